The summed E-state index contributed by atoms with van der Waals surface area (Å²) in [6.07, 6.45) is 1.25. The van der Waals surface area contributed by atoms with Crippen molar-refractivity contribution in [1.82, 2.24) is 14.4 Å². The number of hydrogen-bond acceptors (Lipinski definition) is 4. The van der Waals surface area contributed by atoms with Crippen LogP contribution in [0, 0.1) is 5.92 Å². The van der Waals surface area contributed by atoms with Gasteiger partial charge in [0.2, 0.25) is 5.91 Å². The number of morpholine rings is 1. The molecule has 1 amide bonds. The minimum Gasteiger partial charge on any atom is -0.373 e. The maximum absolute atomic E-state index is 14.0. The zero-order chi connectivity index (χ0) is 21.5. The zero-order valence-corrected chi connectivity index (χ0v) is 18.3. The molecule has 6 heteroatoms. The van der Waals surface area contributed by atoms with E-state index in [-0.39, 0.29) is 35.6 Å². The predicted molar refractivity (Wildman–Crippen MR) is 119 cm³/mol. The standard InChI is InChI=1S/C25H31N3O3/c1-17-12-26(13-18(2)31-17)24(20-7-4-3-5-8-20)25(30)27-14-19-11-21(16-27)22-9-6-10-23(29)28(22)15-19/h3-10,17-19,21,24H,11-16H2,1-2H3. The van der Waals surface area contributed by atoms with Gasteiger partial charge in [0.1, 0.15) is 6.04 Å². The third kappa shape index (κ3) is 3.94. The Hall–Kier alpha value is -2.44. The Balaban J connectivity index is 1.44. The number of benzene rings is 1. The number of hydrogen-bond donors (Lipinski definition) is 0. The molecule has 3 aliphatic heterocycles. The van der Waals surface area contributed by atoms with Crippen LogP contribution in [0.25, 0.3) is 0 Å². The number of nitrogens with zero attached hydrogens (tertiary/aromatic N) is 3. The van der Waals surface area contributed by atoms with Crippen molar-refractivity contribution in [3.8, 4) is 0 Å². The highest BCUT2D eigenvalue weighted by atomic mass is 16.5. The fourth-order valence-corrected chi connectivity index (χ4v) is 5.82. The van der Waals surface area contributed by atoms with Gasteiger partial charge in [-0.2, -0.15) is 0 Å². The summed E-state index contributed by atoms with van der Waals surface area (Å²) < 4.78 is 7.86. The van der Waals surface area contributed by atoms with E-state index in [1.165, 1.54) is 0 Å². The quantitative estimate of drug-likeness (QED) is 0.765. The molecule has 0 N–H and O–H groups in total. The highest BCUT2D eigenvalue weighted by Gasteiger charge is 2.41. The number of carbonyl (C=O) groups is 1. The van der Waals surface area contributed by atoms with Crippen LogP contribution in [0.15, 0.2) is 53.3 Å². The van der Waals surface area contributed by atoms with Gasteiger partial charge in [0.15, 0.2) is 0 Å². The SMILES string of the molecule is CC1CN(C(C(=O)N2CC3CC(C2)c2cccc(=O)n2C3)c2ccccc2)CC(C)O1. The van der Waals surface area contributed by atoms with Crippen LogP contribution in [0.5, 0.6) is 0 Å². The molecule has 2 saturated heterocycles. The lowest BCUT2D eigenvalue weighted by Gasteiger charge is -2.46. The van der Waals surface area contributed by atoms with E-state index in [2.05, 4.69) is 41.8 Å². The lowest BCUT2D eigenvalue weighted by molar-refractivity contribution is -0.146. The largest absolute Gasteiger partial charge is 0.373 e. The summed E-state index contributed by atoms with van der Waals surface area (Å²) in [5.74, 6) is 0.729. The van der Waals surface area contributed by atoms with Crippen molar-refractivity contribution in [1.29, 1.82) is 0 Å². The second-order valence-electron chi connectivity index (χ2n) is 9.47. The van der Waals surface area contributed by atoms with Crippen LogP contribution in [0.2, 0.25) is 0 Å². The Morgan fingerprint density at radius 2 is 1.68 bits per heavy atom. The number of ether oxygens (including phenoxy) is 1. The molecule has 1 aromatic heterocycles. The van der Waals surface area contributed by atoms with Gasteiger partial charge in [0, 0.05) is 50.4 Å². The van der Waals surface area contributed by atoms with Gasteiger partial charge >= 0.3 is 0 Å². The van der Waals surface area contributed by atoms with Crippen LogP contribution in [0.1, 0.15) is 43.5 Å². The van der Waals surface area contributed by atoms with E-state index >= 15 is 0 Å². The Kier molecular flexibility index (Phi) is 5.44. The molecule has 0 radical (unpaired) electrons. The van der Waals surface area contributed by atoms with Crippen molar-refractivity contribution >= 4 is 5.91 Å². The summed E-state index contributed by atoms with van der Waals surface area (Å²) in [5, 5.41) is 0. The molecule has 2 bridgehead atoms. The van der Waals surface area contributed by atoms with Crippen LogP contribution in [0.4, 0.5) is 0 Å². The number of likely N-dealkylation sites (tertiary alicyclic amines) is 1. The second-order valence-corrected chi connectivity index (χ2v) is 9.47. The molecule has 4 heterocycles. The van der Waals surface area contributed by atoms with E-state index in [1.807, 2.05) is 28.8 Å². The molecule has 0 saturated carbocycles. The average molecular weight is 422 g/mol. The van der Waals surface area contributed by atoms with Crippen molar-refractivity contribution in [3.63, 3.8) is 0 Å². The third-order valence-corrected chi connectivity index (χ3v) is 6.95. The first-order chi connectivity index (χ1) is 15.0. The molecule has 0 aliphatic carbocycles. The Morgan fingerprint density at radius 1 is 0.935 bits per heavy atom. The number of aromatic nitrogens is 1. The third-order valence-electron chi connectivity index (χ3n) is 6.95. The fraction of sp³-hybridized carbons (Fsp3) is 0.520. The molecule has 0 spiro atoms. The highest BCUT2D eigenvalue weighted by molar-refractivity contribution is 5.83. The average Bonchev–Trinajstić information content (AvgIpc) is 2.75. The molecule has 6 nitrogen and oxygen atoms in total. The van der Waals surface area contributed by atoms with Gasteiger partial charge < -0.3 is 14.2 Å². The lowest BCUT2D eigenvalue weighted by atomic mass is 9.82. The molecule has 3 aliphatic rings. The zero-order valence-electron chi connectivity index (χ0n) is 18.3. The smallest absolute Gasteiger partial charge is 0.250 e. The van der Waals surface area contributed by atoms with Gasteiger partial charge in [0.25, 0.3) is 5.56 Å². The van der Waals surface area contributed by atoms with E-state index in [0.717, 1.165) is 37.3 Å². The number of amides is 1. The van der Waals surface area contributed by atoms with E-state index in [4.69, 9.17) is 4.74 Å². The molecule has 5 atom stereocenters. The van der Waals surface area contributed by atoms with Crippen LogP contribution in [0.3, 0.4) is 0 Å². The second kappa shape index (κ2) is 8.24. The van der Waals surface area contributed by atoms with Crippen LogP contribution in [-0.4, -0.2) is 58.7 Å². The first-order valence-electron chi connectivity index (χ1n) is 11.4. The summed E-state index contributed by atoms with van der Waals surface area (Å²) in [6.45, 7) is 7.75. The fourth-order valence-electron chi connectivity index (χ4n) is 5.82. The van der Waals surface area contributed by atoms with Gasteiger partial charge in [0.05, 0.1) is 12.2 Å². The molecular formula is C25H31N3O3. The number of rotatable bonds is 3. The van der Waals surface area contributed by atoms with E-state index in [1.54, 1.807) is 6.07 Å². The topological polar surface area (TPSA) is 54.8 Å². The van der Waals surface area contributed by atoms with Crippen molar-refractivity contribution in [2.75, 3.05) is 26.2 Å². The van der Waals surface area contributed by atoms with Crippen molar-refractivity contribution in [2.24, 2.45) is 5.92 Å². The minimum atomic E-state index is -0.299. The lowest BCUT2D eigenvalue weighted by Crippen LogP contribution is -2.55. The number of fused-ring (bicyclic) bond motifs is 4. The van der Waals surface area contributed by atoms with E-state index in [0.29, 0.717) is 19.0 Å². The minimum absolute atomic E-state index is 0.0745. The van der Waals surface area contributed by atoms with Crippen LogP contribution in [-0.2, 0) is 16.1 Å². The number of carbonyl (C=O) groups excluding carboxylic acids is 1. The van der Waals surface area contributed by atoms with Gasteiger partial charge in [-0.3, -0.25) is 14.5 Å². The molecule has 5 unspecified atom stereocenters. The number of piperidine rings is 1. The van der Waals surface area contributed by atoms with Gasteiger partial charge in [-0.1, -0.05) is 36.4 Å². The molecule has 2 fully saturated rings. The molecule has 31 heavy (non-hydrogen) atoms. The molecule has 5 rings (SSSR count). The normalized spacial score (nSPS) is 29.3. The van der Waals surface area contributed by atoms with Crippen molar-refractivity contribution in [3.05, 3.63) is 70.1 Å². The summed E-state index contributed by atoms with van der Waals surface area (Å²) in [5.41, 5.74) is 2.19. The highest BCUT2D eigenvalue weighted by Crippen LogP contribution is 2.37. The van der Waals surface area contributed by atoms with E-state index < -0.39 is 0 Å². The number of pyridine rings is 1. The van der Waals surface area contributed by atoms with Crippen molar-refractivity contribution < 1.29 is 9.53 Å². The van der Waals surface area contributed by atoms with Gasteiger partial charge in [-0.15, -0.1) is 0 Å². The molecular weight excluding hydrogens is 390 g/mol. The summed E-state index contributed by atoms with van der Waals surface area (Å²) in [7, 11) is 0. The van der Waals surface area contributed by atoms with Crippen molar-refractivity contribution in [2.45, 2.75) is 51.0 Å². The monoisotopic (exact) mass is 421 g/mol. The maximum Gasteiger partial charge on any atom is 0.250 e. The summed E-state index contributed by atoms with van der Waals surface area (Å²) in [4.78, 5) is 30.7. The Bertz CT molecular complexity index is 995. The molecule has 164 valence electrons. The summed E-state index contributed by atoms with van der Waals surface area (Å²) >= 11 is 0. The first-order valence-corrected chi connectivity index (χ1v) is 11.4. The Morgan fingerprint density at radius 3 is 2.42 bits per heavy atom. The molecule has 1 aromatic carbocycles. The first kappa shape index (κ1) is 20.5. The maximum atomic E-state index is 14.0. The summed E-state index contributed by atoms with van der Waals surface area (Å²) in [6, 6.07) is 15.4. The van der Waals surface area contributed by atoms with Gasteiger partial charge in [-0.25, -0.2) is 0 Å². The molecule has 2 aromatic rings. The Labute approximate surface area is 183 Å². The van der Waals surface area contributed by atoms with E-state index in [9.17, 15) is 9.59 Å². The van der Waals surface area contributed by atoms with Crippen LogP contribution < -0.4 is 5.56 Å². The van der Waals surface area contributed by atoms with Crippen LogP contribution >= 0.6 is 0 Å². The van der Waals surface area contributed by atoms with Gasteiger partial charge in [-0.05, 0) is 37.8 Å². The predicted octanol–water partition coefficient (Wildman–Crippen LogP) is 2.64.